The second kappa shape index (κ2) is 7.75. The lowest BCUT2D eigenvalue weighted by Gasteiger charge is -2.28. The molecule has 1 aromatic rings. The van der Waals surface area contributed by atoms with E-state index >= 15 is 0 Å². The smallest absolute Gasteiger partial charge is 0.337 e. The molecule has 2 fully saturated rings. The Bertz CT molecular complexity index is 832. The van der Waals surface area contributed by atoms with Gasteiger partial charge < -0.3 is 19.1 Å². The van der Waals surface area contributed by atoms with Gasteiger partial charge in [-0.25, -0.2) is 13.2 Å². The number of rotatable bonds is 7. The average molecular weight is 397 g/mol. The summed E-state index contributed by atoms with van der Waals surface area (Å²) < 4.78 is 39.0. The summed E-state index contributed by atoms with van der Waals surface area (Å²) in [5, 5.41) is 0. The molecule has 0 N–H and O–H groups in total. The lowest BCUT2D eigenvalue weighted by molar-refractivity contribution is -0.135. The fourth-order valence-corrected chi connectivity index (χ4v) is 5.01. The van der Waals surface area contributed by atoms with Crippen molar-refractivity contribution in [3.63, 3.8) is 0 Å². The van der Waals surface area contributed by atoms with Crippen molar-refractivity contribution in [3.05, 3.63) is 23.8 Å². The van der Waals surface area contributed by atoms with Gasteiger partial charge in [-0.1, -0.05) is 0 Å². The van der Waals surface area contributed by atoms with E-state index in [-0.39, 0.29) is 36.1 Å². The molecule has 148 valence electrons. The Morgan fingerprint density at radius 2 is 1.85 bits per heavy atom. The molecular weight excluding hydrogens is 374 g/mol. The van der Waals surface area contributed by atoms with Gasteiger partial charge >= 0.3 is 5.97 Å². The number of ether oxygens (including phenoxy) is 3. The van der Waals surface area contributed by atoms with Crippen LogP contribution >= 0.6 is 0 Å². The summed E-state index contributed by atoms with van der Waals surface area (Å²) in [4.78, 5) is 26.0. The van der Waals surface area contributed by atoms with E-state index < -0.39 is 15.8 Å². The van der Waals surface area contributed by atoms with Gasteiger partial charge in [0.15, 0.2) is 27.9 Å². The van der Waals surface area contributed by atoms with Crippen LogP contribution in [0.25, 0.3) is 0 Å². The normalized spacial score (nSPS) is 20.7. The Kier molecular flexibility index (Phi) is 5.59. The van der Waals surface area contributed by atoms with Crippen LogP contribution in [0.2, 0.25) is 0 Å². The second-order valence-electron chi connectivity index (χ2n) is 6.73. The van der Waals surface area contributed by atoms with Crippen LogP contribution in [-0.2, 0) is 19.4 Å². The van der Waals surface area contributed by atoms with Crippen molar-refractivity contribution in [1.29, 1.82) is 0 Å². The highest BCUT2D eigenvalue weighted by Gasteiger charge is 2.42. The number of carbonyl (C=O) groups is 2. The number of carbonyl (C=O) groups excluding carboxylic acids is 2. The zero-order valence-corrected chi connectivity index (χ0v) is 16.2. The van der Waals surface area contributed by atoms with Crippen LogP contribution in [0, 0.1) is 0 Å². The van der Waals surface area contributed by atoms with Crippen molar-refractivity contribution in [1.82, 2.24) is 4.90 Å². The molecule has 9 heteroatoms. The Morgan fingerprint density at radius 3 is 2.41 bits per heavy atom. The highest BCUT2D eigenvalue weighted by Crippen LogP contribution is 2.33. The van der Waals surface area contributed by atoms with Crippen LogP contribution in [0.4, 0.5) is 0 Å². The zero-order valence-electron chi connectivity index (χ0n) is 15.3. The summed E-state index contributed by atoms with van der Waals surface area (Å²) >= 11 is 0. The number of methoxy groups -OCH3 is 2. The molecule has 0 radical (unpaired) electrons. The molecule has 1 saturated heterocycles. The average Bonchev–Trinajstić information content (AvgIpc) is 3.42. The predicted octanol–water partition coefficient (Wildman–Crippen LogP) is 1.04. The molecule has 0 unspecified atom stereocenters. The van der Waals surface area contributed by atoms with Crippen LogP contribution in [0.1, 0.15) is 29.6 Å². The molecule has 0 spiro atoms. The monoisotopic (exact) mass is 397 g/mol. The zero-order chi connectivity index (χ0) is 19.6. The van der Waals surface area contributed by atoms with Crippen LogP contribution < -0.4 is 9.47 Å². The fraction of sp³-hybridized carbons (Fsp3) is 0.556. The van der Waals surface area contributed by atoms with Crippen molar-refractivity contribution >= 4 is 21.7 Å². The van der Waals surface area contributed by atoms with E-state index in [1.54, 1.807) is 11.0 Å². The first-order valence-electron chi connectivity index (χ1n) is 8.75. The number of esters is 1. The maximum absolute atomic E-state index is 12.7. The first-order valence-corrected chi connectivity index (χ1v) is 10.6. The molecule has 1 atom stereocenters. The molecule has 0 aromatic heterocycles. The standard InChI is InChI=1S/C18H23NO7S/c1-24-16-9-12(18(21)25-2)3-6-15(16)26-10-17(20)19(13-4-5-13)14-7-8-27(22,23)11-14/h3,6,9,13-14H,4-5,7-8,10-11H2,1-2H3/t14-/m1/s1. The molecule has 0 bridgehead atoms. The highest BCUT2D eigenvalue weighted by atomic mass is 32.2. The number of hydrogen-bond donors (Lipinski definition) is 0. The third-order valence-electron chi connectivity index (χ3n) is 4.77. The van der Waals surface area contributed by atoms with Gasteiger partial charge in [-0.05, 0) is 37.5 Å². The van der Waals surface area contributed by atoms with Crippen molar-refractivity contribution in [2.24, 2.45) is 0 Å². The largest absolute Gasteiger partial charge is 0.493 e. The highest BCUT2D eigenvalue weighted by molar-refractivity contribution is 7.91. The summed E-state index contributed by atoms with van der Waals surface area (Å²) in [6.07, 6.45) is 2.25. The third-order valence-corrected chi connectivity index (χ3v) is 6.52. The molecule has 1 heterocycles. The van der Waals surface area contributed by atoms with Crippen LogP contribution in [-0.4, -0.2) is 69.6 Å². The molecule has 2 aliphatic rings. The Morgan fingerprint density at radius 1 is 1.11 bits per heavy atom. The van der Waals surface area contributed by atoms with Gasteiger partial charge in [0.25, 0.3) is 5.91 Å². The summed E-state index contributed by atoms with van der Waals surface area (Å²) in [6.45, 7) is -0.221. The van der Waals surface area contributed by atoms with Gasteiger partial charge in [-0.15, -0.1) is 0 Å². The van der Waals surface area contributed by atoms with Crippen LogP contribution in [0.5, 0.6) is 11.5 Å². The van der Waals surface area contributed by atoms with Crippen molar-refractivity contribution < 1.29 is 32.2 Å². The van der Waals surface area contributed by atoms with Gasteiger partial charge in [-0.2, -0.15) is 0 Å². The molecule has 1 aromatic carbocycles. The minimum absolute atomic E-state index is 0.0202. The second-order valence-corrected chi connectivity index (χ2v) is 8.96. The summed E-state index contributed by atoms with van der Waals surface area (Å²) in [5.74, 6) is 0.0434. The van der Waals surface area contributed by atoms with E-state index in [1.807, 2.05) is 0 Å². The first kappa shape index (κ1) is 19.5. The van der Waals surface area contributed by atoms with Gasteiger partial charge in [0, 0.05) is 12.1 Å². The van der Waals surface area contributed by atoms with Gasteiger partial charge in [0.2, 0.25) is 0 Å². The van der Waals surface area contributed by atoms with Crippen molar-refractivity contribution in [3.8, 4) is 11.5 Å². The molecule has 8 nitrogen and oxygen atoms in total. The fourth-order valence-electron chi connectivity index (χ4n) is 3.30. The summed E-state index contributed by atoms with van der Waals surface area (Å²) in [7, 11) is -0.351. The van der Waals surface area contributed by atoms with Crippen molar-refractivity contribution in [2.75, 3.05) is 32.3 Å². The minimum Gasteiger partial charge on any atom is -0.493 e. The van der Waals surface area contributed by atoms with E-state index in [0.29, 0.717) is 23.5 Å². The lowest BCUT2D eigenvalue weighted by atomic mass is 10.2. The minimum atomic E-state index is -3.07. The van der Waals surface area contributed by atoms with Crippen molar-refractivity contribution in [2.45, 2.75) is 31.3 Å². The molecule has 1 saturated carbocycles. The Labute approximate surface area is 158 Å². The molecule has 27 heavy (non-hydrogen) atoms. The quantitative estimate of drug-likeness (QED) is 0.634. The first-order chi connectivity index (χ1) is 12.8. The number of sulfone groups is 1. The van der Waals surface area contributed by atoms with Gasteiger partial charge in [0.05, 0.1) is 31.3 Å². The predicted molar refractivity (Wildman–Crippen MR) is 96.8 cm³/mol. The summed E-state index contributed by atoms with van der Waals surface area (Å²) in [6, 6.07) is 4.37. The van der Waals surface area contributed by atoms with Gasteiger partial charge in [-0.3, -0.25) is 4.79 Å². The Balaban J connectivity index is 1.68. The van der Waals surface area contributed by atoms with Crippen LogP contribution in [0.15, 0.2) is 18.2 Å². The maximum atomic E-state index is 12.7. The van der Waals surface area contributed by atoms with E-state index in [1.165, 1.54) is 26.4 Å². The molecule has 1 amide bonds. The van der Waals surface area contributed by atoms with E-state index in [9.17, 15) is 18.0 Å². The number of benzene rings is 1. The molecular formula is C18H23NO7S. The number of amides is 1. The molecule has 3 rings (SSSR count). The van der Waals surface area contributed by atoms with E-state index in [4.69, 9.17) is 9.47 Å². The molecule has 1 aliphatic carbocycles. The molecule has 1 aliphatic heterocycles. The van der Waals surface area contributed by atoms with E-state index in [2.05, 4.69) is 4.74 Å². The van der Waals surface area contributed by atoms with E-state index in [0.717, 1.165) is 12.8 Å². The topological polar surface area (TPSA) is 99.2 Å². The Hall–Kier alpha value is -2.29. The SMILES string of the molecule is COC(=O)c1ccc(OCC(=O)N(C2CC2)[C@@H]2CCS(=O)(=O)C2)c(OC)c1. The lowest BCUT2D eigenvalue weighted by Crippen LogP contribution is -2.45. The number of nitrogens with zero attached hydrogens (tertiary/aromatic N) is 1. The third kappa shape index (κ3) is 4.52. The summed E-state index contributed by atoms with van der Waals surface area (Å²) in [5.41, 5.74) is 0.309. The van der Waals surface area contributed by atoms with Crippen LogP contribution in [0.3, 0.4) is 0 Å². The van der Waals surface area contributed by atoms with Gasteiger partial charge in [0.1, 0.15) is 0 Å². The number of hydrogen-bond acceptors (Lipinski definition) is 7. The maximum Gasteiger partial charge on any atom is 0.337 e.